The summed E-state index contributed by atoms with van der Waals surface area (Å²) in [7, 11) is 0. The molecule has 0 saturated carbocycles. The highest BCUT2D eigenvalue weighted by Crippen LogP contribution is 2.24. The number of aromatic nitrogens is 3. The lowest BCUT2D eigenvalue weighted by atomic mass is 10.2. The van der Waals surface area contributed by atoms with Gasteiger partial charge in [-0.1, -0.05) is 15.9 Å². The van der Waals surface area contributed by atoms with Gasteiger partial charge in [-0.3, -0.25) is 4.98 Å². The van der Waals surface area contributed by atoms with Crippen LogP contribution in [-0.2, 0) is 0 Å². The van der Waals surface area contributed by atoms with Crippen molar-refractivity contribution in [3.05, 3.63) is 46.2 Å². The molecule has 0 aliphatic carbocycles. The Morgan fingerprint density at radius 3 is 2.67 bits per heavy atom. The molecule has 18 heavy (non-hydrogen) atoms. The van der Waals surface area contributed by atoms with Gasteiger partial charge in [0.2, 0.25) is 0 Å². The van der Waals surface area contributed by atoms with E-state index in [1.807, 2.05) is 38.1 Å². The van der Waals surface area contributed by atoms with Crippen molar-refractivity contribution >= 4 is 27.0 Å². The molecule has 0 amide bonds. The molecule has 0 aliphatic heterocycles. The summed E-state index contributed by atoms with van der Waals surface area (Å²) in [6, 6.07) is 10.1. The molecule has 0 aliphatic rings. The molecule has 3 nitrogen and oxygen atoms in total. The minimum absolute atomic E-state index is 0.869. The van der Waals surface area contributed by atoms with E-state index >= 15 is 0 Å². The van der Waals surface area contributed by atoms with E-state index in [1.165, 1.54) is 0 Å². The smallest absolute Gasteiger partial charge is 0.140 e. The van der Waals surface area contributed by atoms with E-state index in [-0.39, 0.29) is 0 Å². The second-order valence-corrected chi connectivity index (χ2v) is 5.25. The van der Waals surface area contributed by atoms with Gasteiger partial charge in [0, 0.05) is 21.4 Å². The predicted molar refractivity (Wildman–Crippen MR) is 76.5 cm³/mol. The molecule has 2 aromatic heterocycles. The van der Waals surface area contributed by atoms with Gasteiger partial charge in [-0.05, 0) is 44.2 Å². The number of fused-ring (bicyclic) bond motifs is 1. The normalized spacial score (nSPS) is 11.1. The first-order valence-corrected chi connectivity index (χ1v) is 6.53. The standard InChI is InChI=1S/C14H12BrN3/c1-8-3-5-11(9(2)16-8)14-17-12-6-4-10(15)7-13(12)18-14/h3-7H,1-2H3,(H,17,18). The maximum Gasteiger partial charge on any atom is 0.140 e. The Hall–Kier alpha value is -1.68. The summed E-state index contributed by atoms with van der Waals surface area (Å²) in [4.78, 5) is 12.4. The van der Waals surface area contributed by atoms with Gasteiger partial charge in [0.05, 0.1) is 11.0 Å². The van der Waals surface area contributed by atoms with Crippen LogP contribution in [0.1, 0.15) is 11.4 Å². The van der Waals surface area contributed by atoms with E-state index in [0.717, 1.165) is 38.3 Å². The summed E-state index contributed by atoms with van der Waals surface area (Å²) < 4.78 is 1.05. The van der Waals surface area contributed by atoms with Crippen molar-refractivity contribution in [2.45, 2.75) is 13.8 Å². The third-order valence-electron chi connectivity index (χ3n) is 2.92. The van der Waals surface area contributed by atoms with E-state index in [4.69, 9.17) is 0 Å². The molecular formula is C14H12BrN3. The molecule has 0 atom stereocenters. The van der Waals surface area contributed by atoms with Crippen LogP contribution in [0.4, 0.5) is 0 Å². The predicted octanol–water partition coefficient (Wildman–Crippen LogP) is 4.00. The number of nitrogens with one attached hydrogen (secondary N) is 1. The fraction of sp³-hybridized carbons (Fsp3) is 0.143. The number of H-pyrrole nitrogens is 1. The molecule has 0 unspecified atom stereocenters. The zero-order chi connectivity index (χ0) is 12.7. The Bertz CT molecular complexity index is 731. The van der Waals surface area contributed by atoms with Gasteiger partial charge in [-0.2, -0.15) is 0 Å². The first-order valence-electron chi connectivity index (χ1n) is 5.73. The maximum atomic E-state index is 4.60. The van der Waals surface area contributed by atoms with E-state index < -0.39 is 0 Å². The van der Waals surface area contributed by atoms with Gasteiger partial charge < -0.3 is 4.98 Å². The molecule has 0 saturated heterocycles. The van der Waals surface area contributed by atoms with Crippen molar-refractivity contribution in [1.29, 1.82) is 0 Å². The lowest BCUT2D eigenvalue weighted by Crippen LogP contribution is -1.91. The average Bonchev–Trinajstić information content (AvgIpc) is 2.71. The summed E-state index contributed by atoms with van der Waals surface area (Å²) in [5.41, 5.74) is 5.06. The number of imidazole rings is 1. The second kappa shape index (κ2) is 4.21. The molecule has 2 heterocycles. The Morgan fingerprint density at radius 1 is 1.06 bits per heavy atom. The van der Waals surface area contributed by atoms with Gasteiger partial charge in [-0.25, -0.2) is 4.98 Å². The lowest BCUT2D eigenvalue weighted by molar-refractivity contribution is 1.11. The van der Waals surface area contributed by atoms with Crippen molar-refractivity contribution in [3.63, 3.8) is 0 Å². The molecule has 3 rings (SSSR count). The fourth-order valence-corrected chi connectivity index (χ4v) is 2.41. The topological polar surface area (TPSA) is 41.6 Å². The average molecular weight is 302 g/mol. The minimum Gasteiger partial charge on any atom is -0.338 e. The molecule has 0 spiro atoms. The molecule has 90 valence electrons. The zero-order valence-corrected chi connectivity index (χ0v) is 11.7. The van der Waals surface area contributed by atoms with Crippen molar-refractivity contribution in [1.82, 2.24) is 15.0 Å². The van der Waals surface area contributed by atoms with E-state index in [9.17, 15) is 0 Å². The summed E-state index contributed by atoms with van der Waals surface area (Å²) in [6.07, 6.45) is 0. The van der Waals surface area contributed by atoms with E-state index in [1.54, 1.807) is 0 Å². The molecule has 1 N–H and O–H groups in total. The first kappa shape index (κ1) is 11.4. The Morgan fingerprint density at radius 2 is 1.89 bits per heavy atom. The third kappa shape index (κ3) is 1.93. The highest BCUT2D eigenvalue weighted by Gasteiger charge is 2.08. The zero-order valence-electron chi connectivity index (χ0n) is 10.2. The molecule has 0 fully saturated rings. The fourth-order valence-electron chi connectivity index (χ4n) is 2.05. The van der Waals surface area contributed by atoms with Crippen LogP contribution in [0.3, 0.4) is 0 Å². The Balaban J connectivity index is 2.19. The Kier molecular flexibility index (Phi) is 2.67. The van der Waals surface area contributed by atoms with Gasteiger partial charge in [-0.15, -0.1) is 0 Å². The summed E-state index contributed by atoms with van der Waals surface area (Å²) in [6.45, 7) is 4.00. The third-order valence-corrected chi connectivity index (χ3v) is 3.42. The van der Waals surface area contributed by atoms with Crippen molar-refractivity contribution in [3.8, 4) is 11.4 Å². The monoisotopic (exact) mass is 301 g/mol. The molecule has 1 aromatic carbocycles. The number of rotatable bonds is 1. The minimum atomic E-state index is 0.869. The number of aromatic amines is 1. The number of halogens is 1. The van der Waals surface area contributed by atoms with Crippen molar-refractivity contribution in [2.75, 3.05) is 0 Å². The molecule has 4 heteroatoms. The van der Waals surface area contributed by atoms with Gasteiger partial charge in [0.15, 0.2) is 0 Å². The van der Waals surface area contributed by atoms with Crippen LogP contribution in [0, 0.1) is 13.8 Å². The van der Waals surface area contributed by atoms with Crippen LogP contribution in [0.15, 0.2) is 34.8 Å². The number of benzene rings is 1. The highest BCUT2D eigenvalue weighted by molar-refractivity contribution is 9.10. The van der Waals surface area contributed by atoms with E-state index in [0.29, 0.717) is 0 Å². The molecule has 0 radical (unpaired) electrons. The van der Waals surface area contributed by atoms with E-state index in [2.05, 4.69) is 36.9 Å². The van der Waals surface area contributed by atoms with Gasteiger partial charge >= 0.3 is 0 Å². The van der Waals surface area contributed by atoms with Gasteiger partial charge in [0.1, 0.15) is 5.82 Å². The summed E-state index contributed by atoms with van der Waals surface area (Å²) in [5, 5.41) is 0. The molecule has 3 aromatic rings. The SMILES string of the molecule is Cc1ccc(-c2nc3ccc(Br)cc3[nH]2)c(C)n1. The number of hydrogen-bond donors (Lipinski definition) is 1. The summed E-state index contributed by atoms with van der Waals surface area (Å²) >= 11 is 3.46. The second-order valence-electron chi connectivity index (χ2n) is 4.33. The van der Waals surface area contributed by atoms with Crippen LogP contribution in [0.25, 0.3) is 22.4 Å². The number of hydrogen-bond acceptors (Lipinski definition) is 2. The number of pyridine rings is 1. The molecular weight excluding hydrogens is 290 g/mol. The van der Waals surface area contributed by atoms with Crippen LogP contribution in [0.2, 0.25) is 0 Å². The van der Waals surface area contributed by atoms with Crippen LogP contribution < -0.4 is 0 Å². The first-order chi connectivity index (χ1) is 8.63. The van der Waals surface area contributed by atoms with Crippen molar-refractivity contribution in [2.24, 2.45) is 0 Å². The number of aryl methyl sites for hydroxylation is 2. The van der Waals surface area contributed by atoms with Crippen molar-refractivity contribution < 1.29 is 0 Å². The van der Waals surface area contributed by atoms with Crippen LogP contribution in [0.5, 0.6) is 0 Å². The lowest BCUT2D eigenvalue weighted by Gasteiger charge is -2.02. The maximum absolute atomic E-state index is 4.60. The molecule has 0 bridgehead atoms. The highest BCUT2D eigenvalue weighted by atomic mass is 79.9. The summed E-state index contributed by atoms with van der Waals surface area (Å²) in [5.74, 6) is 0.869. The number of nitrogens with zero attached hydrogens (tertiary/aromatic N) is 2. The Labute approximate surface area is 113 Å². The van der Waals surface area contributed by atoms with Crippen LogP contribution >= 0.6 is 15.9 Å². The largest absolute Gasteiger partial charge is 0.338 e. The quantitative estimate of drug-likeness (QED) is 0.738. The van der Waals surface area contributed by atoms with Gasteiger partial charge in [0.25, 0.3) is 0 Å². The van der Waals surface area contributed by atoms with Crippen LogP contribution in [-0.4, -0.2) is 15.0 Å².